The van der Waals surface area contributed by atoms with E-state index in [1.54, 1.807) is 14.2 Å². The van der Waals surface area contributed by atoms with Gasteiger partial charge < -0.3 is 34.7 Å². The number of hydrogen-bond donors (Lipinski definition) is 3. The van der Waals surface area contributed by atoms with Gasteiger partial charge in [0.05, 0.1) is 33.0 Å². The highest BCUT2D eigenvalue weighted by atomic mass is 16.7. The van der Waals surface area contributed by atoms with Gasteiger partial charge in [-0.3, -0.25) is 4.90 Å². The van der Waals surface area contributed by atoms with E-state index in [1.807, 2.05) is 66.7 Å². The first-order chi connectivity index (χ1) is 26.0. The van der Waals surface area contributed by atoms with Crippen LogP contribution in [0.15, 0.2) is 115 Å². The van der Waals surface area contributed by atoms with Gasteiger partial charge in [-0.15, -0.1) is 0 Å². The summed E-state index contributed by atoms with van der Waals surface area (Å²) >= 11 is 0. The Balaban J connectivity index is 1.03. The fourth-order valence-corrected chi connectivity index (χ4v) is 7.14. The molecular weight excluding hydrogens is 666 g/mol. The zero-order valence-corrected chi connectivity index (χ0v) is 30.3. The Morgan fingerprint density at radius 1 is 0.736 bits per heavy atom. The van der Waals surface area contributed by atoms with Gasteiger partial charge in [0, 0.05) is 44.7 Å². The standard InChI is InChI=1S/C44H47N3O6/c1-50-41-22-37-19-20-47(27-38(37)23-42(41)51-2)28-39-24-40(34-13-11-31(29-48)12-14-34)53-43(52-39)35-17-15-33(16-18-35)36-10-6-9-32(21-36)26-46-44(49)45-25-30-7-4-3-5-8-30/h3-18,21-23,39-40,43,48H,19-20,24-29H2,1-2H3,(H2,45,46,49)/t39-,40+,43+/m1/s1. The molecule has 3 atom stereocenters. The maximum Gasteiger partial charge on any atom is 0.315 e. The summed E-state index contributed by atoms with van der Waals surface area (Å²) in [4.78, 5) is 14.9. The summed E-state index contributed by atoms with van der Waals surface area (Å²) in [6.07, 6.45) is 0.868. The number of carbonyl (C=O) groups excluding carboxylic acids is 1. The summed E-state index contributed by atoms with van der Waals surface area (Å²) < 4.78 is 24.5. The van der Waals surface area contributed by atoms with Crippen LogP contribution in [-0.4, -0.2) is 49.5 Å². The number of carbonyl (C=O) groups is 1. The van der Waals surface area contributed by atoms with E-state index in [2.05, 4.69) is 64.1 Å². The Morgan fingerprint density at radius 3 is 2.13 bits per heavy atom. The van der Waals surface area contributed by atoms with E-state index in [4.69, 9.17) is 18.9 Å². The second-order valence-electron chi connectivity index (χ2n) is 13.7. The second kappa shape index (κ2) is 17.1. The molecule has 1 saturated heterocycles. The van der Waals surface area contributed by atoms with Crippen molar-refractivity contribution in [2.24, 2.45) is 0 Å². The minimum Gasteiger partial charge on any atom is -0.493 e. The number of benzene rings is 5. The van der Waals surface area contributed by atoms with Gasteiger partial charge in [-0.2, -0.15) is 0 Å². The average molecular weight is 714 g/mol. The van der Waals surface area contributed by atoms with Gasteiger partial charge in [-0.1, -0.05) is 97.1 Å². The maximum absolute atomic E-state index is 12.4. The Hall–Kier alpha value is -5.19. The Morgan fingerprint density at radius 2 is 1.42 bits per heavy atom. The van der Waals surface area contributed by atoms with Gasteiger partial charge in [-0.05, 0) is 69.1 Å². The summed E-state index contributed by atoms with van der Waals surface area (Å²) in [5.41, 5.74) is 9.61. The molecule has 9 nitrogen and oxygen atoms in total. The molecule has 0 aromatic heterocycles. The molecule has 9 heteroatoms. The number of aliphatic hydroxyl groups is 1. The molecule has 5 aromatic carbocycles. The quantitative estimate of drug-likeness (QED) is 0.123. The smallest absolute Gasteiger partial charge is 0.315 e. The minimum atomic E-state index is -0.545. The van der Waals surface area contributed by atoms with Gasteiger partial charge in [-0.25, -0.2) is 4.79 Å². The Kier molecular flexibility index (Phi) is 11.7. The minimum absolute atomic E-state index is 0.00309. The lowest BCUT2D eigenvalue weighted by atomic mass is 9.96. The highest BCUT2D eigenvalue weighted by molar-refractivity contribution is 5.74. The first-order valence-corrected chi connectivity index (χ1v) is 18.2. The van der Waals surface area contributed by atoms with Crippen LogP contribution < -0.4 is 20.1 Å². The highest BCUT2D eigenvalue weighted by Crippen LogP contribution is 2.40. The third kappa shape index (κ3) is 9.07. The molecule has 3 N–H and O–H groups in total. The van der Waals surface area contributed by atoms with Gasteiger partial charge in [0.2, 0.25) is 0 Å². The first kappa shape index (κ1) is 36.2. The molecule has 0 saturated carbocycles. The molecule has 7 rings (SSSR count). The zero-order valence-electron chi connectivity index (χ0n) is 30.3. The van der Waals surface area contributed by atoms with E-state index in [0.29, 0.717) is 19.5 Å². The highest BCUT2D eigenvalue weighted by Gasteiger charge is 2.34. The molecule has 53 heavy (non-hydrogen) atoms. The van der Waals surface area contributed by atoms with Crippen molar-refractivity contribution in [3.8, 4) is 22.6 Å². The van der Waals surface area contributed by atoms with Crippen LogP contribution in [-0.2, 0) is 42.1 Å². The van der Waals surface area contributed by atoms with Gasteiger partial charge >= 0.3 is 6.03 Å². The number of aliphatic hydroxyl groups excluding tert-OH is 1. The van der Waals surface area contributed by atoms with Gasteiger partial charge in [0.1, 0.15) is 0 Å². The van der Waals surface area contributed by atoms with E-state index in [0.717, 1.165) is 76.5 Å². The number of methoxy groups -OCH3 is 2. The first-order valence-electron chi connectivity index (χ1n) is 18.2. The summed E-state index contributed by atoms with van der Waals surface area (Å²) in [5, 5.41) is 15.5. The molecule has 2 aliphatic rings. The lowest BCUT2D eigenvalue weighted by molar-refractivity contribution is -0.253. The number of nitrogens with one attached hydrogen (secondary N) is 2. The van der Waals surface area contributed by atoms with Crippen LogP contribution in [0.1, 0.15) is 57.8 Å². The van der Waals surface area contributed by atoms with E-state index < -0.39 is 6.29 Å². The lowest BCUT2D eigenvalue weighted by Gasteiger charge is -2.39. The number of hydrogen-bond acceptors (Lipinski definition) is 7. The van der Waals surface area contributed by atoms with E-state index in [1.165, 1.54) is 11.1 Å². The molecular formula is C44H47N3O6. The van der Waals surface area contributed by atoms with Crippen molar-refractivity contribution < 1.29 is 28.8 Å². The second-order valence-corrected chi connectivity index (χ2v) is 13.7. The number of amides is 2. The van der Waals surface area contributed by atoms with Crippen LogP contribution in [0.2, 0.25) is 0 Å². The van der Waals surface area contributed by atoms with Crippen LogP contribution in [0.5, 0.6) is 11.5 Å². The van der Waals surface area contributed by atoms with Gasteiger partial charge in [0.25, 0.3) is 0 Å². The largest absolute Gasteiger partial charge is 0.493 e. The fourth-order valence-electron chi connectivity index (χ4n) is 7.14. The van der Waals surface area contributed by atoms with Crippen LogP contribution in [0.3, 0.4) is 0 Å². The van der Waals surface area contributed by atoms with Crippen molar-refractivity contribution in [3.63, 3.8) is 0 Å². The Labute approximate surface area is 311 Å². The fraction of sp³-hybridized carbons (Fsp3) is 0.295. The van der Waals surface area contributed by atoms with Gasteiger partial charge in [0.15, 0.2) is 17.8 Å². The number of nitrogens with zero attached hydrogens (tertiary/aromatic N) is 1. The molecule has 0 radical (unpaired) electrons. The molecule has 0 spiro atoms. The molecule has 274 valence electrons. The summed E-state index contributed by atoms with van der Waals surface area (Å²) in [5.74, 6) is 1.51. The van der Waals surface area contributed by atoms with E-state index in [9.17, 15) is 9.90 Å². The van der Waals surface area contributed by atoms with Crippen LogP contribution in [0.4, 0.5) is 4.79 Å². The van der Waals surface area contributed by atoms with Crippen LogP contribution in [0.25, 0.3) is 11.1 Å². The van der Waals surface area contributed by atoms with Crippen molar-refractivity contribution in [3.05, 3.63) is 154 Å². The SMILES string of the molecule is COc1cc2c(cc1OC)CN(C[C@H]1C[C@@H](c3ccc(CO)cc3)O[C@@H](c3ccc(-c4cccc(CNC(=O)NCc5ccccc5)c4)cc3)O1)CC2. The summed E-state index contributed by atoms with van der Waals surface area (Å²) in [7, 11) is 3.35. The molecule has 0 bridgehead atoms. The van der Waals surface area contributed by atoms with Crippen LogP contribution >= 0.6 is 0 Å². The Bertz CT molecular complexity index is 1970. The molecule has 2 amide bonds. The monoisotopic (exact) mass is 713 g/mol. The maximum atomic E-state index is 12.4. The number of urea groups is 1. The lowest BCUT2D eigenvalue weighted by Crippen LogP contribution is -2.41. The van der Waals surface area contributed by atoms with Crippen molar-refractivity contribution in [1.82, 2.24) is 15.5 Å². The van der Waals surface area contributed by atoms with E-state index in [-0.39, 0.29) is 24.8 Å². The molecule has 2 heterocycles. The van der Waals surface area contributed by atoms with E-state index >= 15 is 0 Å². The molecule has 0 unspecified atom stereocenters. The number of ether oxygens (including phenoxy) is 4. The average Bonchev–Trinajstić information content (AvgIpc) is 3.22. The number of fused-ring (bicyclic) bond motifs is 1. The molecule has 5 aromatic rings. The molecule has 2 aliphatic heterocycles. The van der Waals surface area contributed by atoms with Crippen molar-refractivity contribution in [1.29, 1.82) is 0 Å². The normalized spacial score (nSPS) is 18.5. The molecule has 0 aliphatic carbocycles. The van der Waals surface area contributed by atoms with Crippen molar-refractivity contribution in [2.45, 2.75) is 57.6 Å². The summed E-state index contributed by atoms with van der Waals surface area (Å²) in [6, 6.07) is 38.4. The predicted molar refractivity (Wildman–Crippen MR) is 204 cm³/mol. The van der Waals surface area contributed by atoms with Crippen molar-refractivity contribution in [2.75, 3.05) is 27.3 Å². The molecule has 1 fully saturated rings. The number of rotatable bonds is 12. The predicted octanol–water partition coefficient (Wildman–Crippen LogP) is 7.47. The van der Waals surface area contributed by atoms with Crippen LogP contribution in [0, 0.1) is 0 Å². The zero-order chi connectivity index (χ0) is 36.6. The topological polar surface area (TPSA) is 102 Å². The third-order valence-corrected chi connectivity index (χ3v) is 10.1. The van der Waals surface area contributed by atoms with Crippen molar-refractivity contribution >= 4 is 6.03 Å². The summed E-state index contributed by atoms with van der Waals surface area (Å²) in [6.45, 7) is 3.39. The third-order valence-electron chi connectivity index (χ3n) is 10.1.